The monoisotopic (exact) mass is 373 g/mol. The molecule has 0 unspecified atom stereocenters. The number of hydrogen-bond acceptors (Lipinski definition) is 5. The molecule has 5 nitrogen and oxygen atoms in total. The van der Waals surface area contributed by atoms with Crippen LogP contribution < -0.4 is 10.1 Å². The summed E-state index contributed by atoms with van der Waals surface area (Å²) in [5, 5.41) is 6.12. The Morgan fingerprint density at radius 1 is 1.28 bits per heavy atom. The number of carbonyl (C=O) groups excluding carboxylic acids is 1. The van der Waals surface area contributed by atoms with E-state index in [1.165, 1.54) is 11.3 Å². The number of anilines is 1. The number of ether oxygens (including phenoxy) is 1. The predicted molar refractivity (Wildman–Crippen MR) is 99.2 cm³/mol. The van der Waals surface area contributed by atoms with Gasteiger partial charge in [-0.1, -0.05) is 11.6 Å². The van der Waals surface area contributed by atoms with E-state index in [0.717, 1.165) is 16.3 Å². The maximum atomic E-state index is 12.1. The lowest BCUT2D eigenvalue weighted by Gasteiger charge is -2.04. The molecule has 1 N–H and O–H groups in total. The van der Waals surface area contributed by atoms with Gasteiger partial charge in [-0.2, -0.15) is 0 Å². The molecule has 0 fully saturated rings. The van der Waals surface area contributed by atoms with Crippen molar-refractivity contribution in [3.8, 4) is 5.75 Å². The number of pyridine rings is 1. The van der Waals surface area contributed by atoms with Gasteiger partial charge in [-0.3, -0.25) is 4.79 Å². The Hall–Kier alpha value is -2.44. The van der Waals surface area contributed by atoms with Gasteiger partial charge in [0, 0.05) is 16.6 Å². The quantitative estimate of drug-likeness (QED) is 0.701. The Morgan fingerprint density at radius 2 is 2.08 bits per heavy atom. The first-order chi connectivity index (χ1) is 12.1. The van der Waals surface area contributed by atoms with E-state index < -0.39 is 0 Å². The second-order valence-electron chi connectivity index (χ2n) is 5.42. The van der Waals surface area contributed by atoms with Crippen molar-refractivity contribution in [3.63, 3.8) is 0 Å². The van der Waals surface area contributed by atoms with Crippen LogP contribution in [0.15, 0.2) is 48.0 Å². The van der Waals surface area contributed by atoms with Crippen molar-refractivity contribution in [2.75, 3.05) is 5.32 Å². The summed E-state index contributed by atoms with van der Waals surface area (Å²) in [7, 11) is 0. The lowest BCUT2D eigenvalue weighted by Crippen LogP contribution is -2.15. The van der Waals surface area contributed by atoms with E-state index in [1.807, 2.05) is 24.4 Å². The normalized spacial score (nSPS) is 10.5. The Kier molecular flexibility index (Phi) is 5.63. The zero-order valence-electron chi connectivity index (χ0n) is 13.5. The second-order valence-corrected chi connectivity index (χ2v) is 6.80. The fraction of sp³-hybridized carbons (Fsp3) is 0.167. The van der Waals surface area contributed by atoms with Crippen LogP contribution in [0.5, 0.6) is 5.75 Å². The number of carbonyl (C=O) groups is 1. The van der Waals surface area contributed by atoms with E-state index in [4.69, 9.17) is 16.3 Å². The van der Waals surface area contributed by atoms with Crippen molar-refractivity contribution in [3.05, 3.63) is 69.3 Å². The zero-order chi connectivity index (χ0) is 17.6. The molecule has 0 aliphatic rings. The highest BCUT2D eigenvalue weighted by Crippen LogP contribution is 2.18. The number of nitrogens with one attached hydrogen (secondary N) is 1. The third kappa shape index (κ3) is 5.27. The minimum Gasteiger partial charge on any atom is -0.486 e. The number of rotatable bonds is 6. The Bertz CT molecular complexity index is 865. The summed E-state index contributed by atoms with van der Waals surface area (Å²) in [4.78, 5) is 20.6. The summed E-state index contributed by atoms with van der Waals surface area (Å²) in [5.74, 6) is 1.13. The molecule has 0 saturated carbocycles. The van der Waals surface area contributed by atoms with E-state index in [9.17, 15) is 4.79 Å². The molecule has 3 aromatic rings. The van der Waals surface area contributed by atoms with E-state index >= 15 is 0 Å². The van der Waals surface area contributed by atoms with Gasteiger partial charge in [0.1, 0.15) is 23.2 Å². The molecule has 0 aliphatic carbocycles. The van der Waals surface area contributed by atoms with E-state index in [0.29, 0.717) is 23.1 Å². The van der Waals surface area contributed by atoms with Crippen LogP contribution in [0.3, 0.4) is 0 Å². The topological polar surface area (TPSA) is 64.1 Å². The molecule has 0 spiro atoms. The van der Waals surface area contributed by atoms with Crippen molar-refractivity contribution >= 4 is 34.7 Å². The average Bonchev–Trinajstić information content (AvgIpc) is 3.01. The lowest BCUT2D eigenvalue weighted by molar-refractivity contribution is -0.115. The van der Waals surface area contributed by atoms with Crippen LogP contribution in [0.4, 0.5) is 5.82 Å². The van der Waals surface area contributed by atoms with Crippen molar-refractivity contribution in [2.45, 2.75) is 20.0 Å². The highest BCUT2D eigenvalue weighted by Gasteiger charge is 2.09. The van der Waals surface area contributed by atoms with Crippen LogP contribution in [0, 0.1) is 6.92 Å². The zero-order valence-corrected chi connectivity index (χ0v) is 15.1. The molecular formula is C18H16ClN3O2S. The highest BCUT2D eigenvalue weighted by atomic mass is 35.5. The number of nitrogens with zero attached hydrogens (tertiary/aromatic N) is 2. The van der Waals surface area contributed by atoms with Gasteiger partial charge in [-0.25, -0.2) is 9.97 Å². The summed E-state index contributed by atoms with van der Waals surface area (Å²) < 4.78 is 5.65. The van der Waals surface area contributed by atoms with Gasteiger partial charge in [0.15, 0.2) is 0 Å². The number of benzene rings is 1. The lowest BCUT2D eigenvalue weighted by atomic mass is 10.3. The molecule has 0 saturated heterocycles. The molecule has 0 bridgehead atoms. The molecule has 1 aromatic carbocycles. The smallest absolute Gasteiger partial charge is 0.231 e. The van der Waals surface area contributed by atoms with E-state index in [1.54, 1.807) is 30.5 Å². The van der Waals surface area contributed by atoms with Crippen LogP contribution in [-0.4, -0.2) is 15.9 Å². The molecule has 0 radical (unpaired) electrons. The maximum absolute atomic E-state index is 12.1. The SMILES string of the molecule is Cc1ccnc(NC(=O)Cc2csc(COc3ccc(Cl)cc3)n2)c1. The third-order valence-electron chi connectivity index (χ3n) is 3.30. The average molecular weight is 374 g/mol. The summed E-state index contributed by atoms with van der Waals surface area (Å²) in [6, 6.07) is 10.9. The minimum atomic E-state index is -0.145. The van der Waals surface area contributed by atoms with E-state index in [2.05, 4.69) is 15.3 Å². The van der Waals surface area contributed by atoms with Gasteiger partial charge in [0.05, 0.1) is 12.1 Å². The fourth-order valence-electron chi connectivity index (χ4n) is 2.13. The van der Waals surface area contributed by atoms with Gasteiger partial charge >= 0.3 is 0 Å². The first kappa shape index (κ1) is 17.4. The molecule has 0 aliphatic heterocycles. The molecule has 3 rings (SSSR count). The third-order valence-corrected chi connectivity index (χ3v) is 4.42. The summed E-state index contributed by atoms with van der Waals surface area (Å²) in [6.45, 7) is 2.30. The van der Waals surface area contributed by atoms with Crippen molar-refractivity contribution in [1.29, 1.82) is 0 Å². The van der Waals surface area contributed by atoms with Crippen LogP contribution in [0.2, 0.25) is 5.02 Å². The Morgan fingerprint density at radius 3 is 2.84 bits per heavy atom. The largest absolute Gasteiger partial charge is 0.486 e. The van der Waals surface area contributed by atoms with Gasteiger partial charge < -0.3 is 10.1 Å². The highest BCUT2D eigenvalue weighted by molar-refractivity contribution is 7.09. The minimum absolute atomic E-state index is 0.145. The number of thiazole rings is 1. The molecule has 0 atom stereocenters. The molecule has 2 heterocycles. The summed E-state index contributed by atoms with van der Waals surface area (Å²) >= 11 is 7.30. The van der Waals surface area contributed by atoms with Crippen molar-refractivity contribution < 1.29 is 9.53 Å². The van der Waals surface area contributed by atoms with Crippen molar-refractivity contribution in [2.24, 2.45) is 0 Å². The van der Waals surface area contributed by atoms with Crippen LogP contribution in [0.25, 0.3) is 0 Å². The molecule has 128 valence electrons. The Labute approximate surface area is 154 Å². The standard InChI is InChI=1S/C18H16ClN3O2S/c1-12-6-7-20-16(8-12)22-17(23)9-14-11-25-18(21-14)10-24-15-4-2-13(19)3-5-15/h2-8,11H,9-10H2,1H3,(H,20,22,23). The molecular weight excluding hydrogens is 358 g/mol. The second kappa shape index (κ2) is 8.09. The maximum Gasteiger partial charge on any atom is 0.231 e. The number of aromatic nitrogens is 2. The van der Waals surface area contributed by atoms with Crippen LogP contribution in [-0.2, 0) is 17.8 Å². The molecule has 7 heteroatoms. The summed E-state index contributed by atoms with van der Waals surface area (Å²) in [5.41, 5.74) is 1.76. The van der Waals surface area contributed by atoms with Gasteiger partial charge in [0.2, 0.25) is 5.91 Å². The van der Waals surface area contributed by atoms with E-state index in [-0.39, 0.29) is 12.3 Å². The molecule has 2 aromatic heterocycles. The first-order valence-corrected chi connectivity index (χ1v) is 8.88. The van der Waals surface area contributed by atoms with Crippen LogP contribution in [0.1, 0.15) is 16.3 Å². The first-order valence-electron chi connectivity index (χ1n) is 7.62. The Balaban J connectivity index is 1.52. The number of hydrogen-bond donors (Lipinski definition) is 1. The van der Waals surface area contributed by atoms with Crippen molar-refractivity contribution in [1.82, 2.24) is 9.97 Å². The molecule has 1 amide bonds. The predicted octanol–water partition coefficient (Wildman–Crippen LogP) is 4.26. The molecule has 25 heavy (non-hydrogen) atoms. The van der Waals surface area contributed by atoms with Crippen LogP contribution >= 0.6 is 22.9 Å². The van der Waals surface area contributed by atoms with Gasteiger partial charge in [0.25, 0.3) is 0 Å². The number of amides is 1. The van der Waals surface area contributed by atoms with Gasteiger partial charge in [-0.05, 0) is 48.9 Å². The number of aryl methyl sites for hydroxylation is 1. The number of halogens is 1. The van der Waals surface area contributed by atoms with Gasteiger partial charge in [-0.15, -0.1) is 11.3 Å². The summed E-state index contributed by atoms with van der Waals surface area (Å²) in [6.07, 6.45) is 1.87. The fourth-order valence-corrected chi connectivity index (χ4v) is 2.96.